The van der Waals surface area contributed by atoms with Crippen LogP contribution in [0.2, 0.25) is 0 Å². The van der Waals surface area contributed by atoms with Gasteiger partial charge >= 0.3 is 0 Å². The lowest BCUT2D eigenvalue weighted by Gasteiger charge is -2.16. The third-order valence-corrected chi connectivity index (χ3v) is 4.97. The highest BCUT2D eigenvalue weighted by atomic mass is 16.5. The van der Waals surface area contributed by atoms with E-state index in [4.69, 9.17) is 9.51 Å². The molecule has 0 aromatic carbocycles. The van der Waals surface area contributed by atoms with Crippen molar-refractivity contribution in [2.24, 2.45) is 5.92 Å². The van der Waals surface area contributed by atoms with Gasteiger partial charge in [0.25, 0.3) is 5.91 Å². The standard InChI is InChI=1S/C20H21N5O2/c1-13-19(14(2)27-24-13)17-5-3-4-16(23-17)10-15-7-9-25(11-15)20(26)18-6-8-21-12-22-18/h3-6,8,12,15H,7,9-11H2,1-2H3/t15-/m0/s1. The summed E-state index contributed by atoms with van der Waals surface area (Å²) in [4.78, 5) is 27.1. The van der Waals surface area contributed by atoms with Gasteiger partial charge < -0.3 is 9.42 Å². The molecule has 4 rings (SSSR count). The smallest absolute Gasteiger partial charge is 0.272 e. The van der Waals surface area contributed by atoms with E-state index in [0.717, 1.165) is 54.3 Å². The Morgan fingerprint density at radius 1 is 1.30 bits per heavy atom. The normalized spacial score (nSPS) is 16.7. The largest absolute Gasteiger partial charge is 0.361 e. The number of amides is 1. The molecule has 0 saturated carbocycles. The van der Waals surface area contributed by atoms with Crippen LogP contribution in [0.15, 0.2) is 41.3 Å². The highest BCUT2D eigenvalue weighted by molar-refractivity contribution is 5.92. The van der Waals surface area contributed by atoms with E-state index in [1.165, 1.54) is 6.33 Å². The van der Waals surface area contributed by atoms with Crippen LogP contribution in [-0.4, -0.2) is 44.0 Å². The van der Waals surface area contributed by atoms with E-state index in [1.807, 2.05) is 36.9 Å². The third kappa shape index (κ3) is 3.58. The molecule has 0 bridgehead atoms. The van der Waals surface area contributed by atoms with Gasteiger partial charge in [0.1, 0.15) is 17.8 Å². The van der Waals surface area contributed by atoms with E-state index < -0.39 is 0 Å². The molecule has 1 aliphatic heterocycles. The number of carbonyl (C=O) groups excluding carboxylic acids is 1. The average Bonchev–Trinajstić information content (AvgIpc) is 3.28. The fraction of sp³-hybridized carbons (Fsp3) is 0.350. The molecule has 4 heterocycles. The molecule has 3 aromatic heterocycles. The van der Waals surface area contributed by atoms with E-state index in [9.17, 15) is 4.79 Å². The Hall–Kier alpha value is -3.09. The Kier molecular flexibility index (Phi) is 4.66. The number of aryl methyl sites for hydroxylation is 2. The number of rotatable bonds is 4. The Balaban J connectivity index is 1.45. The second-order valence-corrected chi connectivity index (χ2v) is 6.92. The molecule has 0 unspecified atom stereocenters. The van der Waals surface area contributed by atoms with Gasteiger partial charge in [-0.25, -0.2) is 9.97 Å². The summed E-state index contributed by atoms with van der Waals surface area (Å²) in [6.07, 6.45) is 4.81. The van der Waals surface area contributed by atoms with E-state index in [-0.39, 0.29) is 5.91 Å². The Morgan fingerprint density at radius 3 is 2.93 bits per heavy atom. The van der Waals surface area contributed by atoms with Crippen LogP contribution in [0.1, 0.15) is 34.1 Å². The van der Waals surface area contributed by atoms with Gasteiger partial charge in [0, 0.05) is 25.0 Å². The summed E-state index contributed by atoms with van der Waals surface area (Å²) >= 11 is 0. The first kappa shape index (κ1) is 17.3. The number of hydrogen-bond acceptors (Lipinski definition) is 6. The zero-order chi connectivity index (χ0) is 18.8. The van der Waals surface area contributed by atoms with E-state index >= 15 is 0 Å². The molecule has 0 radical (unpaired) electrons. The van der Waals surface area contributed by atoms with Crippen LogP contribution >= 0.6 is 0 Å². The molecule has 1 aliphatic rings. The molecule has 7 nitrogen and oxygen atoms in total. The molecule has 7 heteroatoms. The molecule has 0 spiro atoms. The van der Waals surface area contributed by atoms with Gasteiger partial charge in [-0.2, -0.15) is 0 Å². The van der Waals surface area contributed by atoms with E-state index in [2.05, 4.69) is 15.1 Å². The van der Waals surface area contributed by atoms with Gasteiger partial charge in [-0.15, -0.1) is 0 Å². The number of likely N-dealkylation sites (tertiary alicyclic amines) is 1. The molecular weight excluding hydrogens is 342 g/mol. The summed E-state index contributed by atoms with van der Waals surface area (Å²) in [5.41, 5.74) is 4.16. The highest BCUT2D eigenvalue weighted by Crippen LogP contribution is 2.27. The number of carbonyl (C=O) groups is 1. The zero-order valence-electron chi connectivity index (χ0n) is 15.4. The minimum Gasteiger partial charge on any atom is -0.361 e. The monoisotopic (exact) mass is 363 g/mol. The maximum absolute atomic E-state index is 12.5. The van der Waals surface area contributed by atoms with Gasteiger partial charge in [0.05, 0.1) is 17.0 Å². The molecule has 1 saturated heterocycles. The number of hydrogen-bond donors (Lipinski definition) is 0. The van der Waals surface area contributed by atoms with Crippen molar-refractivity contribution < 1.29 is 9.32 Å². The molecule has 0 aliphatic carbocycles. The second kappa shape index (κ2) is 7.26. The highest BCUT2D eigenvalue weighted by Gasteiger charge is 2.28. The molecule has 138 valence electrons. The summed E-state index contributed by atoms with van der Waals surface area (Å²) < 4.78 is 5.26. The van der Waals surface area contributed by atoms with E-state index in [1.54, 1.807) is 12.3 Å². The van der Waals surface area contributed by atoms with Crippen molar-refractivity contribution in [2.45, 2.75) is 26.7 Å². The summed E-state index contributed by atoms with van der Waals surface area (Å²) in [6, 6.07) is 7.69. The fourth-order valence-corrected chi connectivity index (χ4v) is 3.64. The van der Waals surface area contributed by atoms with Crippen LogP contribution in [-0.2, 0) is 6.42 Å². The first-order valence-corrected chi connectivity index (χ1v) is 9.06. The van der Waals surface area contributed by atoms with Gasteiger partial charge in [-0.1, -0.05) is 11.2 Å². The molecule has 27 heavy (non-hydrogen) atoms. The van der Waals surface area contributed by atoms with Crippen molar-refractivity contribution in [3.8, 4) is 11.3 Å². The summed E-state index contributed by atoms with van der Waals surface area (Å²) in [6.45, 7) is 5.29. The van der Waals surface area contributed by atoms with Crippen molar-refractivity contribution in [1.29, 1.82) is 0 Å². The number of aromatic nitrogens is 4. The third-order valence-electron chi connectivity index (χ3n) is 4.97. The van der Waals surface area contributed by atoms with Gasteiger partial charge in [-0.05, 0) is 50.8 Å². The van der Waals surface area contributed by atoms with Crippen molar-refractivity contribution in [3.05, 3.63) is 59.6 Å². The lowest BCUT2D eigenvalue weighted by Crippen LogP contribution is -2.29. The fourth-order valence-electron chi connectivity index (χ4n) is 3.64. The van der Waals surface area contributed by atoms with Crippen LogP contribution in [0, 0.1) is 19.8 Å². The maximum Gasteiger partial charge on any atom is 0.272 e. The average molecular weight is 363 g/mol. The lowest BCUT2D eigenvalue weighted by molar-refractivity contribution is 0.0781. The predicted molar refractivity (Wildman–Crippen MR) is 99.0 cm³/mol. The molecular formula is C20H21N5O2. The lowest BCUT2D eigenvalue weighted by atomic mass is 10.0. The minimum absolute atomic E-state index is 0.0302. The topological polar surface area (TPSA) is 85.0 Å². The second-order valence-electron chi connectivity index (χ2n) is 6.92. The number of nitrogens with zero attached hydrogens (tertiary/aromatic N) is 5. The summed E-state index contributed by atoms with van der Waals surface area (Å²) in [5, 5.41) is 4.01. The van der Waals surface area contributed by atoms with Crippen LogP contribution < -0.4 is 0 Å². The quantitative estimate of drug-likeness (QED) is 0.709. The Morgan fingerprint density at radius 2 is 2.19 bits per heavy atom. The van der Waals surface area contributed by atoms with Crippen LogP contribution in [0.5, 0.6) is 0 Å². The number of pyridine rings is 1. The van der Waals surface area contributed by atoms with Crippen molar-refractivity contribution in [2.75, 3.05) is 13.1 Å². The van der Waals surface area contributed by atoms with Crippen molar-refractivity contribution in [3.63, 3.8) is 0 Å². The minimum atomic E-state index is -0.0302. The van der Waals surface area contributed by atoms with Crippen LogP contribution in [0.4, 0.5) is 0 Å². The summed E-state index contributed by atoms with van der Waals surface area (Å²) in [7, 11) is 0. The van der Waals surface area contributed by atoms with Crippen molar-refractivity contribution in [1.82, 2.24) is 25.0 Å². The van der Waals surface area contributed by atoms with E-state index in [0.29, 0.717) is 11.6 Å². The Labute approximate surface area is 157 Å². The molecule has 1 amide bonds. The zero-order valence-corrected chi connectivity index (χ0v) is 15.4. The van der Waals surface area contributed by atoms with Crippen molar-refractivity contribution >= 4 is 5.91 Å². The first-order chi connectivity index (χ1) is 13.1. The summed E-state index contributed by atoms with van der Waals surface area (Å²) in [5.74, 6) is 1.14. The van der Waals surface area contributed by atoms with Crippen LogP contribution in [0.25, 0.3) is 11.3 Å². The Bertz CT molecular complexity index is 935. The van der Waals surface area contributed by atoms with Gasteiger partial charge in [-0.3, -0.25) is 9.78 Å². The van der Waals surface area contributed by atoms with Crippen LogP contribution in [0.3, 0.4) is 0 Å². The molecule has 1 atom stereocenters. The first-order valence-electron chi connectivity index (χ1n) is 9.06. The molecule has 3 aromatic rings. The molecule has 1 fully saturated rings. The molecule has 0 N–H and O–H groups in total. The maximum atomic E-state index is 12.5. The van der Waals surface area contributed by atoms with Gasteiger partial charge in [0.2, 0.25) is 0 Å². The SMILES string of the molecule is Cc1noc(C)c1-c1cccc(C[C@@H]2CCN(C(=O)c3ccncn3)C2)n1. The predicted octanol–water partition coefficient (Wildman–Crippen LogP) is 2.85. The van der Waals surface area contributed by atoms with Gasteiger partial charge in [0.15, 0.2) is 0 Å².